The van der Waals surface area contributed by atoms with Crippen molar-refractivity contribution in [2.75, 3.05) is 24.5 Å². The molecule has 102 valence electrons. The van der Waals surface area contributed by atoms with Crippen molar-refractivity contribution in [1.29, 1.82) is 0 Å². The third-order valence-corrected chi connectivity index (χ3v) is 4.59. The van der Waals surface area contributed by atoms with Crippen LogP contribution in [-0.2, 0) is 13.0 Å². The van der Waals surface area contributed by atoms with Crippen LogP contribution in [0.25, 0.3) is 0 Å². The Labute approximate surface area is 120 Å². The lowest BCUT2D eigenvalue weighted by atomic mass is 9.90. The van der Waals surface area contributed by atoms with Crippen LogP contribution in [0.4, 0.5) is 5.69 Å². The minimum Gasteiger partial charge on any atom is -0.370 e. The highest BCUT2D eigenvalue weighted by Gasteiger charge is 2.28. The zero-order valence-corrected chi connectivity index (χ0v) is 11.7. The van der Waals surface area contributed by atoms with E-state index in [2.05, 4.69) is 58.7 Å². The molecule has 20 heavy (non-hydrogen) atoms. The van der Waals surface area contributed by atoms with Gasteiger partial charge in [-0.25, -0.2) is 0 Å². The summed E-state index contributed by atoms with van der Waals surface area (Å²) in [5, 5.41) is 3.46. The number of nitrogens with one attached hydrogen (secondary N) is 1. The predicted molar refractivity (Wildman–Crippen MR) is 83.2 cm³/mol. The number of rotatable bonds is 2. The number of hydrogen-bond acceptors (Lipinski definition) is 2. The van der Waals surface area contributed by atoms with Crippen LogP contribution >= 0.6 is 0 Å². The molecule has 2 aliphatic rings. The van der Waals surface area contributed by atoms with E-state index in [9.17, 15) is 0 Å². The van der Waals surface area contributed by atoms with Gasteiger partial charge in [-0.15, -0.1) is 0 Å². The number of anilines is 1. The molecule has 1 fully saturated rings. The van der Waals surface area contributed by atoms with Gasteiger partial charge in [0, 0.05) is 31.2 Å². The fraction of sp³-hybridized carbons (Fsp3) is 0.333. The van der Waals surface area contributed by atoms with Crippen LogP contribution in [0.2, 0.25) is 0 Å². The van der Waals surface area contributed by atoms with Gasteiger partial charge in [-0.1, -0.05) is 36.4 Å². The first-order valence-electron chi connectivity index (χ1n) is 7.52. The van der Waals surface area contributed by atoms with Gasteiger partial charge >= 0.3 is 0 Å². The minimum absolute atomic E-state index is 0.699. The van der Waals surface area contributed by atoms with E-state index in [4.69, 9.17) is 0 Å². The highest BCUT2D eigenvalue weighted by molar-refractivity contribution is 5.54. The average molecular weight is 264 g/mol. The fourth-order valence-electron chi connectivity index (χ4n) is 3.29. The van der Waals surface area contributed by atoms with Crippen LogP contribution in [0.1, 0.15) is 22.6 Å². The van der Waals surface area contributed by atoms with Gasteiger partial charge < -0.3 is 10.2 Å². The van der Waals surface area contributed by atoms with Gasteiger partial charge in [0.25, 0.3) is 0 Å². The Balaban J connectivity index is 1.48. The molecule has 2 aliphatic heterocycles. The van der Waals surface area contributed by atoms with Gasteiger partial charge in [0.15, 0.2) is 0 Å². The summed E-state index contributed by atoms with van der Waals surface area (Å²) in [6.07, 6.45) is 1.17. The van der Waals surface area contributed by atoms with E-state index in [1.54, 1.807) is 0 Å². The molecule has 0 aromatic heterocycles. The molecule has 1 N–H and O–H groups in total. The van der Waals surface area contributed by atoms with E-state index < -0.39 is 0 Å². The van der Waals surface area contributed by atoms with Crippen LogP contribution in [-0.4, -0.2) is 19.6 Å². The van der Waals surface area contributed by atoms with Crippen molar-refractivity contribution in [1.82, 2.24) is 5.32 Å². The Hall–Kier alpha value is -1.80. The molecule has 0 radical (unpaired) electrons. The Morgan fingerprint density at radius 3 is 2.65 bits per heavy atom. The molecule has 0 amide bonds. The maximum atomic E-state index is 3.46. The summed E-state index contributed by atoms with van der Waals surface area (Å²) in [6.45, 7) is 4.44. The number of nitrogens with zero attached hydrogens (tertiary/aromatic N) is 1. The number of fused-ring (bicyclic) bond motifs is 1. The fourth-order valence-corrected chi connectivity index (χ4v) is 3.29. The molecule has 0 atom stereocenters. The first-order chi connectivity index (χ1) is 9.90. The van der Waals surface area contributed by atoms with Crippen molar-refractivity contribution < 1.29 is 0 Å². The Bertz CT molecular complexity index is 600. The zero-order valence-electron chi connectivity index (χ0n) is 11.7. The van der Waals surface area contributed by atoms with Crippen LogP contribution in [0, 0.1) is 0 Å². The smallest absolute Gasteiger partial charge is 0.0370 e. The lowest BCUT2D eigenvalue weighted by Crippen LogP contribution is -2.45. The molecular formula is C18H20N2. The summed E-state index contributed by atoms with van der Waals surface area (Å²) < 4.78 is 0. The lowest BCUT2D eigenvalue weighted by Gasteiger charge is -2.42. The van der Waals surface area contributed by atoms with Crippen molar-refractivity contribution in [3.05, 3.63) is 65.2 Å². The van der Waals surface area contributed by atoms with Crippen LogP contribution < -0.4 is 10.2 Å². The normalized spacial score (nSPS) is 18.5. The topological polar surface area (TPSA) is 15.3 Å². The third-order valence-electron chi connectivity index (χ3n) is 4.59. The van der Waals surface area contributed by atoms with Crippen molar-refractivity contribution in [3.63, 3.8) is 0 Å². The second kappa shape index (κ2) is 4.95. The molecule has 0 spiro atoms. The van der Waals surface area contributed by atoms with Crippen LogP contribution in [0.5, 0.6) is 0 Å². The summed E-state index contributed by atoms with van der Waals surface area (Å²) in [5.74, 6) is 0.699. The molecule has 1 saturated heterocycles. The summed E-state index contributed by atoms with van der Waals surface area (Å²) in [4.78, 5) is 2.49. The number of benzene rings is 2. The summed E-state index contributed by atoms with van der Waals surface area (Å²) in [5.41, 5.74) is 5.87. The van der Waals surface area contributed by atoms with E-state index in [1.165, 1.54) is 28.8 Å². The monoisotopic (exact) mass is 264 g/mol. The van der Waals surface area contributed by atoms with E-state index in [0.717, 1.165) is 26.2 Å². The maximum Gasteiger partial charge on any atom is 0.0370 e. The van der Waals surface area contributed by atoms with Gasteiger partial charge in [0.2, 0.25) is 0 Å². The molecule has 2 nitrogen and oxygen atoms in total. The van der Waals surface area contributed by atoms with E-state index in [-0.39, 0.29) is 0 Å². The van der Waals surface area contributed by atoms with Gasteiger partial charge in [0.05, 0.1) is 0 Å². The summed E-state index contributed by atoms with van der Waals surface area (Å²) in [7, 11) is 0. The highest BCUT2D eigenvalue weighted by Crippen LogP contribution is 2.32. The molecule has 2 heteroatoms. The second-order valence-corrected chi connectivity index (χ2v) is 5.89. The summed E-state index contributed by atoms with van der Waals surface area (Å²) in [6, 6.07) is 17.9. The first kappa shape index (κ1) is 12.0. The van der Waals surface area contributed by atoms with Crippen molar-refractivity contribution in [2.24, 2.45) is 0 Å². The van der Waals surface area contributed by atoms with Gasteiger partial charge in [-0.05, 0) is 41.8 Å². The molecule has 2 aromatic rings. The molecule has 0 saturated carbocycles. The average Bonchev–Trinajstić information content (AvgIpc) is 2.47. The van der Waals surface area contributed by atoms with E-state index in [1.807, 2.05) is 0 Å². The number of hydrogen-bond donors (Lipinski definition) is 1. The second-order valence-electron chi connectivity index (χ2n) is 5.89. The highest BCUT2D eigenvalue weighted by atomic mass is 15.2. The molecule has 2 heterocycles. The summed E-state index contributed by atoms with van der Waals surface area (Å²) >= 11 is 0. The quantitative estimate of drug-likeness (QED) is 0.897. The minimum atomic E-state index is 0.699. The zero-order chi connectivity index (χ0) is 13.4. The predicted octanol–water partition coefficient (Wildman–Crippen LogP) is 2.94. The van der Waals surface area contributed by atoms with Crippen LogP contribution in [0.15, 0.2) is 48.5 Å². The standard InChI is InChI=1S/C18H20N2/c1-2-4-14(5-3-1)17-12-20(13-17)18-7-6-15-8-9-19-11-16(15)10-18/h1-7,10,17,19H,8-9,11-13H2. The van der Waals surface area contributed by atoms with Crippen molar-refractivity contribution in [3.8, 4) is 0 Å². The van der Waals surface area contributed by atoms with Gasteiger partial charge in [-0.3, -0.25) is 0 Å². The van der Waals surface area contributed by atoms with Crippen molar-refractivity contribution in [2.45, 2.75) is 18.9 Å². The lowest BCUT2D eigenvalue weighted by molar-refractivity contribution is 0.524. The third kappa shape index (κ3) is 2.10. The molecular weight excluding hydrogens is 244 g/mol. The van der Waals surface area contributed by atoms with Gasteiger partial charge in [0.1, 0.15) is 0 Å². The molecule has 2 aromatic carbocycles. The Morgan fingerprint density at radius 1 is 0.950 bits per heavy atom. The maximum absolute atomic E-state index is 3.46. The molecule has 4 rings (SSSR count). The molecule has 0 unspecified atom stereocenters. The van der Waals surface area contributed by atoms with Gasteiger partial charge in [-0.2, -0.15) is 0 Å². The molecule has 0 aliphatic carbocycles. The SMILES string of the molecule is c1ccc(C2CN(c3ccc4c(c3)CNCC4)C2)cc1. The molecule has 0 bridgehead atoms. The first-order valence-corrected chi connectivity index (χ1v) is 7.52. The Kier molecular flexibility index (Phi) is 2.96. The Morgan fingerprint density at radius 2 is 1.80 bits per heavy atom. The van der Waals surface area contributed by atoms with Crippen LogP contribution in [0.3, 0.4) is 0 Å². The van der Waals surface area contributed by atoms with E-state index >= 15 is 0 Å². The largest absolute Gasteiger partial charge is 0.370 e. The van der Waals surface area contributed by atoms with E-state index in [0.29, 0.717) is 5.92 Å². The van der Waals surface area contributed by atoms with Crippen molar-refractivity contribution >= 4 is 5.69 Å².